The van der Waals surface area contributed by atoms with Crippen molar-refractivity contribution in [2.24, 2.45) is 5.92 Å². The van der Waals surface area contributed by atoms with E-state index in [1.165, 1.54) is 0 Å². The van der Waals surface area contributed by atoms with Crippen LogP contribution < -0.4 is 4.90 Å². The average Bonchev–Trinajstić information content (AvgIpc) is 2.82. The normalized spacial score (nSPS) is 21.9. The molecule has 0 N–H and O–H groups in total. The number of carbonyl (C=O) groups is 2. The zero-order valence-electron chi connectivity index (χ0n) is 20.3. The highest BCUT2D eigenvalue weighted by atomic mass is 35.5. The van der Waals surface area contributed by atoms with Crippen LogP contribution in [0.25, 0.3) is 0 Å². The number of pyridine rings is 1. The molecule has 0 bridgehead atoms. The quantitative estimate of drug-likeness (QED) is 0.567. The van der Waals surface area contributed by atoms with Crippen molar-refractivity contribution < 1.29 is 9.59 Å². The fourth-order valence-corrected chi connectivity index (χ4v) is 5.22. The number of piperidine rings is 2. The molecule has 1 aromatic heterocycles. The summed E-state index contributed by atoms with van der Waals surface area (Å²) in [7, 11) is 0. The molecule has 1 amide bonds. The SMILES string of the molecule is Cc1cccc(N2CC(CCN3CC(N4CCC(=O)CC4)C3)CCC2=O)n1.Clc1ccccc1Cl. The first-order valence-corrected chi connectivity index (χ1v) is 13.3. The van der Waals surface area contributed by atoms with Gasteiger partial charge in [0.25, 0.3) is 0 Å². The van der Waals surface area contributed by atoms with Gasteiger partial charge < -0.3 is 4.90 Å². The maximum Gasteiger partial charge on any atom is 0.228 e. The van der Waals surface area contributed by atoms with Gasteiger partial charge in [0.1, 0.15) is 11.6 Å². The molecule has 3 fully saturated rings. The number of halogens is 2. The average molecular weight is 518 g/mol. The van der Waals surface area contributed by atoms with Crippen molar-refractivity contribution in [3.63, 3.8) is 0 Å². The van der Waals surface area contributed by atoms with Crippen LogP contribution in [0.3, 0.4) is 0 Å². The number of anilines is 1. The lowest BCUT2D eigenvalue weighted by atomic mass is 9.93. The Morgan fingerprint density at radius 2 is 1.60 bits per heavy atom. The maximum atomic E-state index is 12.3. The Hall–Kier alpha value is -1.99. The van der Waals surface area contributed by atoms with E-state index in [4.69, 9.17) is 23.2 Å². The number of amides is 1. The summed E-state index contributed by atoms with van der Waals surface area (Å²) in [6.07, 6.45) is 4.23. The number of aromatic nitrogens is 1. The Morgan fingerprint density at radius 3 is 2.23 bits per heavy atom. The molecule has 0 spiro atoms. The van der Waals surface area contributed by atoms with E-state index in [9.17, 15) is 9.59 Å². The minimum absolute atomic E-state index is 0.202. The third kappa shape index (κ3) is 7.26. The van der Waals surface area contributed by atoms with Crippen molar-refractivity contribution in [3.05, 3.63) is 58.2 Å². The predicted octanol–water partition coefficient (Wildman–Crippen LogP) is 4.87. The number of benzene rings is 1. The van der Waals surface area contributed by atoms with Crippen molar-refractivity contribution in [1.82, 2.24) is 14.8 Å². The first-order valence-electron chi connectivity index (χ1n) is 12.5. The maximum absolute atomic E-state index is 12.3. The number of Topliss-reactive ketones (excluding diaryl/α,β-unsaturated/α-hetero) is 1. The van der Waals surface area contributed by atoms with E-state index in [-0.39, 0.29) is 5.91 Å². The van der Waals surface area contributed by atoms with E-state index < -0.39 is 0 Å². The molecule has 35 heavy (non-hydrogen) atoms. The summed E-state index contributed by atoms with van der Waals surface area (Å²) in [6.45, 7) is 8.01. The largest absolute Gasteiger partial charge is 0.300 e. The molecule has 188 valence electrons. The molecule has 0 aliphatic carbocycles. The molecule has 3 saturated heterocycles. The highest BCUT2D eigenvalue weighted by Gasteiger charge is 2.34. The Bertz CT molecular complexity index is 997. The van der Waals surface area contributed by atoms with Crippen molar-refractivity contribution in [1.29, 1.82) is 0 Å². The number of rotatable bonds is 5. The second kappa shape index (κ2) is 12.3. The molecule has 6 nitrogen and oxygen atoms in total. The molecule has 1 atom stereocenters. The van der Waals surface area contributed by atoms with E-state index in [0.29, 0.717) is 34.2 Å². The second-order valence-corrected chi connectivity index (χ2v) is 10.6. The highest BCUT2D eigenvalue weighted by Crippen LogP contribution is 2.27. The van der Waals surface area contributed by atoms with Gasteiger partial charge in [0.15, 0.2) is 0 Å². The smallest absolute Gasteiger partial charge is 0.228 e. The Labute approximate surface area is 218 Å². The van der Waals surface area contributed by atoms with Crippen LogP contribution >= 0.6 is 23.2 Å². The first kappa shape index (κ1) is 26.1. The van der Waals surface area contributed by atoms with Crippen molar-refractivity contribution in [2.75, 3.05) is 44.2 Å². The molecule has 3 aliphatic rings. The van der Waals surface area contributed by atoms with Gasteiger partial charge in [0.2, 0.25) is 5.91 Å². The molecule has 0 radical (unpaired) electrons. The molecular formula is C27H34Cl2N4O2. The lowest BCUT2D eigenvalue weighted by Gasteiger charge is -2.47. The van der Waals surface area contributed by atoms with Crippen LogP contribution in [0.1, 0.15) is 37.8 Å². The van der Waals surface area contributed by atoms with E-state index in [2.05, 4.69) is 14.8 Å². The van der Waals surface area contributed by atoms with E-state index in [1.54, 1.807) is 12.1 Å². The zero-order valence-corrected chi connectivity index (χ0v) is 21.8. The van der Waals surface area contributed by atoms with Gasteiger partial charge in [0, 0.05) is 63.7 Å². The monoisotopic (exact) mass is 516 g/mol. The highest BCUT2D eigenvalue weighted by molar-refractivity contribution is 6.41. The lowest BCUT2D eigenvalue weighted by Crippen LogP contribution is -2.61. The van der Waals surface area contributed by atoms with Gasteiger partial charge in [-0.05, 0) is 56.5 Å². The summed E-state index contributed by atoms with van der Waals surface area (Å²) < 4.78 is 0. The van der Waals surface area contributed by atoms with Gasteiger partial charge in [0.05, 0.1) is 10.0 Å². The van der Waals surface area contributed by atoms with Crippen LogP contribution in [0.4, 0.5) is 5.82 Å². The molecule has 1 unspecified atom stereocenters. The third-order valence-electron chi connectivity index (χ3n) is 7.15. The minimum atomic E-state index is 0.202. The lowest BCUT2D eigenvalue weighted by molar-refractivity contribution is -0.122. The fraction of sp³-hybridized carbons (Fsp3) is 0.519. The summed E-state index contributed by atoms with van der Waals surface area (Å²) >= 11 is 11.2. The standard InChI is InChI=1S/C21H30N4O2.C6H4Cl2/c1-16-3-2-4-20(22-16)25-13-17(5-6-21(25)27)7-10-23-14-18(15-23)24-11-8-19(26)9-12-24;7-5-3-1-2-4-6(5)8/h2-4,17-18H,5-15H2,1H3;1-4H. The van der Waals surface area contributed by atoms with Gasteiger partial charge in [-0.2, -0.15) is 0 Å². The topological polar surface area (TPSA) is 56.8 Å². The van der Waals surface area contributed by atoms with Crippen LogP contribution in [0, 0.1) is 12.8 Å². The van der Waals surface area contributed by atoms with Gasteiger partial charge in [-0.1, -0.05) is 41.4 Å². The number of likely N-dealkylation sites (tertiary alicyclic amines) is 2. The zero-order chi connectivity index (χ0) is 24.8. The number of hydrogen-bond acceptors (Lipinski definition) is 5. The van der Waals surface area contributed by atoms with Crippen LogP contribution in [-0.4, -0.2) is 71.8 Å². The van der Waals surface area contributed by atoms with Crippen LogP contribution in [0.15, 0.2) is 42.5 Å². The van der Waals surface area contributed by atoms with Crippen LogP contribution in [0.2, 0.25) is 10.0 Å². The van der Waals surface area contributed by atoms with Crippen molar-refractivity contribution in [2.45, 2.75) is 45.1 Å². The third-order valence-corrected chi connectivity index (χ3v) is 7.90. The summed E-state index contributed by atoms with van der Waals surface area (Å²) in [5, 5.41) is 1.21. The Balaban J connectivity index is 0.000000308. The van der Waals surface area contributed by atoms with Crippen LogP contribution in [-0.2, 0) is 9.59 Å². The van der Waals surface area contributed by atoms with Gasteiger partial charge in [-0.25, -0.2) is 4.98 Å². The Kier molecular flexibility index (Phi) is 9.17. The number of hydrogen-bond donors (Lipinski definition) is 0. The molecule has 4 heterocycles. The number of ketones is 1. The van der Waals surface area contributed by atoms with Gasteiger partial charge in [-0.3, -0.25) is 19.4 Å². The molecule has 5 rings (SSSR count). The molecule has 3 aliphatic heterocycles. The molecule has 2 aromatic rings. The van der Waals surface area contributed by atoms with Crippen LogP contribution in [0.5, 0.6) is 0 Å². The molecular weight excluding hydrogens is 483 g/mol. The summed E-state index contributed by atoms with van der Waals surface area (Å²) in [6, 6.07) is 13.7. The van der Waals surface area contributed by atoms with E-state index in [1.807, 2.05) is 42.2 Å². The summed E-state index contributed by atoms with van der Waals surface area (Å²) in [5.41, 5.74) is 0.952. The molecule has 8 heteroatoms. The minimum Gasteiger partial charge on any atom is -0.300 e. The predicted molar refractivity (Wildman–Crippen MR) is 141 cm³/mol. The summed E-state index contributed by atoms with van der Waals surface area (Å²) in [4.78, 5) is 35.2. The fourth-order valence-electron chi connectivity index (χ4n) is 4.95. The number of nitrogens with zero attached hydrogens (tertiary/aromatic N) is 4. The van der Waals surface area contributed by atoms with Crippen molar-refractivity contribution in [3.8, 4) is 0 Å². The van der Waals surface area contributed by atoms with Gasteiger partial charge >= 0.3 is 0 Å². The van der Waals surface area contributed by atoms with E-state index in [0.717, 1.165) is 76.5 Å². The molecule has 0 saturated carbocycles. The van der Waals surface area contributed by atoms with E-state index >= 15 is 0 Å². The summed E-state index contributed by atoms with van der Waals surface area (Å²) in [5.74, 6) is 1.97. The van der Waals surface area contributed by atoms with Crippen molar-refractivity contribution >= 4 is 40.7 Å². The Morgan fingerprint density at radius 1 is 0.914 bits per heavy atom. The number of carbonyl (C=O) groups excluding carboxylic acids is 2. The first-order chi connectivity index (χ1) is 16.9. The molecule has 1 aromatic carbocycles. The number of aryl methyl sites for hydroxylation is 1. The van der Waals surface area contributed by atoms with Gasteiger partial charge in [-0.15, -0.1) is 0 Å². The second-order valence-electron chi connectivity index (χ2n) is 9.74.